The topological polar surface area (TPSA) is 37.3 Å². The van der Waals surface area contributed by atoms with Crippen molar-refractivity contribution in [3.63, 3.8) is 0 Å². The van der Waals surface area contributed by atoms with Crippen LogP contribution in [0.2, 0.25) is 0 Å². The fourth-order valence-electron chi connectivity index (χ4n) is 4.29. The van der Waals surface area contributed by atoms with Gasteiger partial charge in [-0.15, -0.1) is 0 Å². The Balaban J connectivity index is 2.01. The van der Waals surface area contributed by atoms with E-state index in [0.717, 1.165) is 17.3 Å². The Hall–Kier alpha value is -2.74. The zero-order valence-corrected chi connectivity index (χ0v) is 19.5. The molecule has 4 heteroatoms. The van der Waals surface area contributed by atoms with Crippen molar-refractivity contribution >= 4 is 42.7 Å². The van der Waals surface area contributed by atoms with Gasteiger partial charge >= 0.3 is 192 Å². The average molecular weight is 491 g/mol. The van der Waals surface area contributed by atoms with E-state index >= 15 is 0 Å². The number of hydrogen-bond acceptors (Lipinski definition) is 1. The first-order valence-electron chi connectivity index (χ1n) is 10.2. The second kappa shape index (κ2) is 8.78. The molecule has 0 atom stereocenters. The van der Waals surface area contributed by atoms with E-state index in [1.165, 1.54) is 15.9 Å². The Labute approximate surface area is 191 Å². The molecule has 0 spiro atoms. The van der Waals surface area contributed by atoms with Crippen LogP contribution in [0.5, 0.6) is 0 Å². The van der Waals surface area contributed by atoms with Crippen LogP contribution in [0.15, 0.2) is 115 Å². The van der Waals surface area contributed by atoms with Crippen LogP contribution in [-0.2, 0) is 17.4 Å². The molecule has 0 saturated heterocycles. The molecule has 0 aliphatic rings. The average Bonchev–Trinajstić information content (AvgIpc) is 2.81. The molecule has 0 heterocycles. The van der Waals surface area contributed by atoms with Gasteiger partial charge in [0.05, 0.1) is 0 Å². The van der Waals surface area contributed by atoms with Crippen molar-refractivity contribution in [2.75, 3.05) is 0 Å². The molecule has 0 aromatic heterocycles. The molecule has 0 bridgehead atoms. The molecule has 0 fully saturated rings. The van der Waals surface area contributed by atoms with Crippen LogP contribution >= 0.6 is 20.8 Å². The Morgan fingerprint density at radius 1 is 0.645 bits per heavy atom. The van der Waals surface area contributed by atoms with E-state index in [0.29, 0.717) is 0 Å². The molecule has 4 aromatic carbocycles. The van der Waals surface area contributed by atoms with Crippen molar-refractivity contribution in [2.24, 2.45) is 0 Å². The van der Waals surface area contributed by atoms with Crippen LogP contribution in [0.4, 0.5) is 0 Å². The maximum atomic E-state index is 11.3. The predicted octanol–water partition coefficient (Wildman–Crippen LogP) is 5.65. The Kier molecular flexibility index (Phi) is 6.09. The molecule has 2 nitrogen and oxygen atoms in total. The molecule has 0 saturated carbocycles. The summed E-state index contributed by atoms with van der Waals surface area (Å²) in [5.74, 6) is -0.817. The Morgan fingerprint density at radius 2 is 1.06 bits per heavy atom. The molecule has 4 rings (SSSR count). The number of carboxylic acid groups (broad SMARTS) is 1. The first-order valence-corrected chi connectivity index (χ1v) is 14.6. The summed E-state index contributed by atoms with van der Waals surface area (Å²) < 4.78 is 0. The van der Waals surface area contributed by atoms with E-state index in [-0.39, 0.29) is 6.42 Å². The summed E-state index contributed by atoms with van der Waals surface area (Å²) in [6.07, 6.45) is 0.769. The first kappa shape index (κ1) is 21.5. The van der Waals surface area contributed by atoms with Crippen molar-refractivity contribution < 1.29 is 9.90 Å². The third-order valence-corrected chi connectivity index (χ3v) is 15.2. The molecule has 0 unspecified atom stereocenters. The third-order valence-electron chi connectivity index (χ3n) is 5.71. The van der Waals surface area contributed by atoms with Gasteiger partial charge in [-0.1, -0.05) is 0 Å². The zero-order valence-electron chi connectivity index (χ0n) is 17.1. The van der Waals surface area contributed by atoms with Crippen molar-refractivity contribution in [3.8, 4) is 0 Å². The number of rotatable bonds is 7. The van der Waals surface area contributed by atoms with Gasteiger partial charge in [0.25, 0.3) is 0 Å². The summed E-state index contributed by atoms with van der Waals surface area (Å²) in [5.41, 5.74) is 1.93. The van der Waals surface area contributed by atoms with Crippen LogP contribution in [0.25, 0.3) is 0 Å². The molecule has 0 amide bonds. The van der Waals surface area contributed by atoms with Gasteiger partial charge in [-0.05, 0) is 0 Å². The number of carboxylic acids is 1. The van der Waals surface area contributed by atoms with Crippen LogP contribution in [-0.4, -0.2) is 11.1 Å². The van der Waals surface area contributed by atoms with Gasteiger partial charge in [-0.3, -0.25) is 0 Å². The van der Waals surface area contributed by atoms with Crippen molar-refractivity contribution in [2.45, 2.75) is 12.6 Å². The second-order valence-corrected chi connectivity index (χ2v) is 16.7. The quantitative estimate of drug-likeness (QED) is 0.339. The number of aliphatic carboxylic acids is 1. The minimum atomic E-state index is -3.08. The fraction of sp³-hybridized carbons (Fsp3) is 0.0741. The summed E-state index contributed by atoms with van der Waals surface area (Å²) in [5, 5.41) is 9.93. The van der Waals surface area contributed by atoms with Gasteiger partial charge in [0.1, 0.15) is 0 Å². The number of benzene rings is 4. The van der Waals surface area contributed by atoms with Crippen molar-refractivity contribution in [1.82, 2.24) is 0 Å². The van der Waals surface area contributed by atoms with E-state index in [2.05, 4.69) is 94.4 Å². The Bertz CT molecular complexity index is 1080. The van der Waals surface area contributed by atoms with Crippen molar-refractivity contribution in [3.05, 3.63) is 126 Å². The fourth-order valence-corrected chi connectivity index (χ4v) is 12.0. The monoisotopic (exact) mass is 490 g/mol. The van der Waals surface area contributed by atoms with Crippen LogP contribution in [0, 0.1) is 0 Å². The van der Waals surface area contributed by atoms with E-state index in [9.17, 15) is 9.90 Å². The third kappa shape index (κ3) is 4.08. The molecule has 0 aliphatic carbocycles. The summed E-state index contributed by atoms with van der Waals surface area (Å²) in [6.45, 7) is 0. The van der Waals surface area contributed by atoms with Crippen LogP contribution in [0.3, 0.4) is 0 Å². The molecule has 31 heavy (non-hydrogen) atoms. The van der Waals surface area contributed by atoms with Gasteiger partial charge in [0.15, 0.2) is 0 Å². The SMILES string of the molecule is O=C(O)Cc1cccc(CP(Br)(c2ccccc2)(c2ccccc2)c2ccccc2)c1. The van der Waals surface area contributed by atoms with Gasteiger partial charge in [-0.2, -0.15) is 0 Å². The standard InChI is InChI=1S/C27H24BrO2P/c28-31(24-13-4-1-5-14-24,25-15-6-2-7-16-25,26-17-8-3-9-18-26)21-23-12-10-11-22(19-23)20-27(29)30/h1-19H,20-21H2,(H,29,30). The molecule has 0 radical (unpaired) electrons. The minimum absolute atomic E-state index is 0.0219. The van der Waals surface area contributed by atoms with E-state index < -0.39 is 11.3 Å². The van der Waals surface area contributed by atoms with E-state index in [4.69, 9.17) is 0 Å². The maximum absolute atomic E-state index is 11.3. The molecule has 4 aromatic rings. The summed E-state index contributed by atoms with van der Waals surface area (Å²) in [6, 6.07) is 39.8. The number of halogens is 1. The Morgan fingerprint density at radius 3 is 1.48 bits per heavy atom. The van der Waals surface area contributed by atoms with Gasteiger partial charge in [-0.25, -0.2) is 0 Å². The summed E-state index contributed by atoms with van der Waals surface area (Å²) in [4.78, 5) is 11.3. The molecular formula is C27H24BrO2P. The second-order valence-electron chi connectivity index (χ2n) is 7.74. The van der Waals surface area contributed by atoms with E-state index in [1.54, 1.807) is 0 Å². The molecule has 0 aliphatic heterocycles. The van der Waals surface area contributed by atoms with Crippen LogP contribution in [0.1, 0.15) is 11.1 Å². The zero-order chi connectivity index (χ0) is 21.8. The molecule has 1 N–H and O–H groups in total. The number of hydrogen-bond donors (Lipinski definition) is 1. The normalized spacial score (nSPS) is 12.6. The summed E-state index contributed by atoms with van der Waals surface area (Å²) >= 11 is 4.44. The first-order chi connectivity index (χ1) is 15.0. The van der Waals surface area contributed by atoms with Gasteiger partial charge < -0.3 is 0 Å². The molecular weight excluding hydrogens is 467 g/mol. The number of carbonyl (C=O) groups is 1. The van der Waals surface area contributed by atoms with Gasteiger partial charge in [0, 0.05) is 0 Å². The van der Waals surface area contributed by atoms with E-state index in [1.807, 2.05) is 36.4 Å². The molecule has 156 valence electrons. The van der Waals surface area contributed by atoms with Crippen LogP contribution < -0.4 is 15.9 Å². The summed E-state index contributed by atoms with van der Waals surface area (Å²) in [7, 11) is 0. The van der Waals surface area contributed by atoms with Crippen molar-refractivity contribution in [1.29, 1.82) is 0 Å². The van der Waals surface area contributed by atoms with Gasteiger partial charge in [0.2, 0.25) is 0 Å². The predicted molar refractivity (Wildman–Crippen MR) is 136 cm³/mol.